The second kappa shape index (κ2) is 8.43. The predicted octanol–water partition coefficient (Wildman–Crippen LogP) is 1.60. The summed E-state index contributed by atoms with van der Waals surface area (Å²) in [6.45, 7) is 6.12. The SMILES string of the molecule is CCOc1ccccc1OCC(=O)NC(C)C(C)CO. The van der Waals surface area contributed by atoms with Gasteiger partial charge < -0.3 is 19.9 Å². The van der Waals surface area contributed by atoms with Crippen LogP contribution in [0.3, 0.4) is 0 Å². The highest BCUT2D eigenvalue weighted by Crippen LogP contribution is 2.26. The molecule has 2 atom stereocenters. The van der Waals surface area contributed by atoms with Crippen LogP contribution < -0.4 is 14.8 Å². The second-order valence-electron chi connectivity index (χ2n) is 4.68. The van der Waals surface area contributed by atoms with Crippen molar-refractivity contribution in [1.82, 2.24) is 5.32 Å². The average molecular weight is 281 g/mol. The van der Waals surface area contributed by atoms with Crippen LogP contribution >= 0.6 is 0 Å². The fraction of sp³-hybridized carbons (Fsp3) is 0.533. The zero-order chi connectivity index (χ0) is 15.0. The van der Waals surface area contributed by atoms with Crippen molar-refractivity contribution in [2.24, 2.45) is 5.92 Å². The van der Waals surface area contributed by atoms with Crippen molar-refractivity contribution >= 4 is 5.91 Å². The summed E-state index contributed by atoms with van der Waals surface area (Å²) < 4.78 is 10.9. The molecule has 0 saturated heterocycles. The maximum Gasteiger partial charge on any atom is 0.258 e. The van der Waals surface area contributed by atoms with E-state index in [4.69, 9.17) is 14.6 Å². The zero-order valence-corrected chi connectivity index (χ0v) is 12.3. The summed E-state index contributed by atoms with van der Waals surface area (Å²) in [5, 5.41) is 11.8. The van der Waals surface area contributed by atoms with Gasteiger partial charge in [0.25, 0.3) is 5.91 Å². The third kappa shape index (κ3) is 5.09. The van der Waals surface area contributed by atoms with Gasteiger partial charge in [0.05, 0.1) is 6.61 Å². The van der Waals surface area contributed by atoms with E-state index in [-0.39, 0.29) is 31.1 Å². The van der Waals surface area contributed by atoms with Crippen LogP contribution in [0.1, 0.15) is 20.8 Å². The molecule has 0 aromatic heterocycles. The molecule has 1 aromatic carbocycles. The Morgan fingerprint density at radius 2 is 1.85 bits per heavy atom. The van der Waals surface area contributed by atoms with E-state index in [0.717, 1.165) is 0 Å². The minimum absolute atomic E-state index is 0.00895. The number of para-hydroxylation sites is 2. The Morgan fingerprint density at radius 1 is 1.25 bits per heavy atom. The number of rotatable bonds is 8. The Kier molecular flexibility index (Phi) is 6.87. The first-order valence-corrected chi connectivity index (χ1v) is 6.83. The van der Waals surface area contributed by atoms with E-state index in [1.165, 1.54) is 0 Å². The molecule has 0 aliphatic carbocycles. The number of aliphatic hydroxyl groups is 1. The number of carbonyl (C=O) groups excluding carboxylic acids is 1. The highest BCUT2D eigenvalue weighted by atomic mass is 16.5. The number of hydrogen-bond donors (Lipinski definition) is 2. The van der Waals surface area contributed by atoms with Crippen LogP contribution in [0.15, 0.2) is 24.3 Å². The van der Waals surface area contributed by atoms with Gasteiger partial charge in [0.15, 0.2) is 18.1 Å². The monoisotopic (exact) mass is 281 g/mol. The van der Waals surface area contributed by atoms with Crippen molar-refractivity contribution in [3.05, 3.63) is 24.3 Å². The summed E-state index contributed by atoms with van der Waals surface area (Å²) in [7, 11) is 0. The molecule has 1 amide bonds. The highest BCUT2D eigenvalue weighted by Gasteiger charge is 2.14. The van der Waals surface area contributed by atoms with Gasteiger partial charge in [-0.05, 0) is 31.9 Å². The Labute approximate surface area is 119 Å². The molecule has 0 spiro atoms. The molecule has 0 heterocycles. The van der Waals surface area contributed by atoms with Gasteiger partial charge in [-0.1, -0.05) is 19.1 Å². The number of aliphatic hydroxyl groups excluding tert-OH is 1. The number of nitrogens with one attached hydrogen (secondary N) is 1. The molecule has 5 heteroatoms. The van der Waals surface area contributed by atoms with Crippen LogP contribution in [0.4, 0.5) is 0 Å². The van der Waals surface area contributed by atoms with Gasteiger partial charge in [0.2, 0.25) is 0 Å². The van der Waals surface area contributed by atoms with Gasteiger partial charge in [0, 0.05) is 12.6 Å². The van der Waals surface area contributed by atoms with Crippen molar-refractivity contribution in [3.63, 3.8) is 0 Å². The van der Waals surface area contributed by atoms with Crippen molar-refractivity contribution < 1.29 is 19.4 Å². The van der Waals surface area contributed by atoms with Gasteiger partial charge in [-0.3, -0.25) is 4.79 Å². The largest absolute Gasteiger partial charge is 0.490 e. The fourth-order valence-electron chi connectivity index (χ4n) is 1.58. The number of benzene rings is 1. The van der Waals surface area contributed by atoms with Crippen molar-refractivity contribution in [2.45, 2.75) is 26.8 Å². The van der Waals surface area contributed by atoms with E-state index in [0.29, 0.717) is 18.1 Å². The lowest BCUT2D eigenvalue weighted by molar-refractivity contribution is -0.124. The lowest BCUT2D eigenvalue weighted by Crippen LogP contribution is -2.40. The standard InChI is InChI=1S/C15H23NO4/c1-4-19-13-7-5-6-8-14(13)20-10-15(18)16-12(3)11(2)9-17/h5-8,11-12,17H,4,9-10H2,1-3H3,(H,16,18). The summed E-state index contributed by atoms with van der Waals surface area (Å²) in [6, 6.07) is 7.14. The molecule has 0 aliphatic heterocycles. The van der Waals surface area contributed by atoms with Crippen molar-refractivity contribution in [1.29, 1.82) is 0 Å². The molecule has 0 aliphatic rings. The summed E-state index contributed by atoms with van der Waals surface area (Å²) in [5.74, 6) is 0.964. The van der Waals surface area contributed by atoms with Crippen LogP contribution in [0.25, 0.3) is 0 Å². The summed E-state index contributed by atoms with van der Waals surface area (Å²) in [5.41, 5.74) is 0. The van der Waals surface area contributed by atoms with E-state index in [1.807, 2.05) is 32.9 Å². The topological polar surface area (TPSA) is 67.8 Å². The summed E-state index contributed by atoms with van der Waals surface area (Å²) in [4.78, 5) is 11.8. The van der Waals surface area contributed by atoms with Crippen molar-refractivity contribution in [2.75, 3.05) is 19.8 Å². The average Bonchev–Trinajstić information content (AvgIpc) is 2.45. The lowest BCUT2D eigenvalue weighted by Gasteiger charge is -2.19. The van der Waals surface area contributed by atoms with Crippen LogP contribution in [-0.2, 0) is 4.79 Å². The molecule has 1 rings (SSSR count). The van der Waals surface area contributed by atoms with Gasteiger partial charge in [0.1, 0.15) is 0 Å². The van der Waals surface area contributed by atoms with Crippen molar-refractivity contribution in [3.8, 4) is 11.5 Å². The highest BCUT2D eigenvalue weighted by molar-refractivity contribution is 5.77. The van der Waals surface area contributed by atoms with E-state index in [2.05, 4.69) is 5.32 Å². The fourth-order valence-corrected chi connectivity index (χ4v) is 1.58. The second-order valence-corrected chi connectivity index (χ2v) is 4.68. The maximum absolute atomic E-state index is 11.8. The molecule has 0 fully saturated rings. The van der Waals surface area contributed by atoms with Crippen LogP contribution in [0.5, 0.6) is 11.5 Å². The van der Waals surface area contributed by atoms with E-state index < -0.39 is 0 Å². The molecular formula is C15H23NO4. The predicted molar refractivity (Wildman–Crippen MR) is 77.0 cm³/mol. The number of hydrogen-bond acceptors (Lipinski definition) is 4. The first-order valence-electron chi connectivity index (χ1n) is 6.83. The number of ether oxygens (including phenoxy) is 2. The summed E-state index contributed by atoms with van der Waals surface area (Å²) in [6.07, 6.45) is 0. The first kappa shape index (κ1) is 16.3. The van der Waals surface area contributed by atoms with Gasteiger partial charge in [-0.15, -0.1) is 0 Å². The Hall–Kier alpha value is -1.75. The molecule has 0 saturated carbocycles. The molecule has 0 radical (unpaired) electrons. The van der Waals surface area contributed by atoms with Crippen LogP contribution in [0.2, 0.25) is 0 Å². The molecule has 2 N–H and O–H groups in total. The minimum atomic E-state index is -0.218. The van der Waals surface area contributed by atoms with Gasteiger partial charge in [-0.2, -0.15) is 0 Å². The number of amides is 1. The third-order valence-electron chi connectivity index (χ3n) is 3.04. The zero-order valence-electron chi connectivity index (χ0n) is 12.3. The van der Waals surface area contributed by atoms with E-state index in [9.17, 15) is 4.79 Å². The smallest absolute Gasteiger partial charge is 0.258 e. The minimum Gasteiger partial charge on any atom is -0.490 e. The Morgan fingerprint density at radius 3 is 2.40 bits per heavy atom. The van der Waals surface area contributed by atoms with Crippen LogP contribution in [0, 0.1) is 5.92 Å². The molecule has 5 nitrogen and oxygen atoms in total. The lowest BCUT2D eigenvalue weighted by atomic mass is 10.1. The van der Waals surface area contributed by atoms with Crippen LogP contribution in [-0.4, -0.2) is 36.9 Å². The quantitative estimate of drug-likeness (QED) is 0.759. The first-order chi connectivity index (χ1) is 9.58. The molecule has 0 bridgehead atoms. The molecule has 20 heavy (non-hydrogen) atoms. The normalized spacial score (nSPS) is 13.4. The Balaban J connectivity index is 2.49. The Bertz CT molecular complexity index is 422. The molecule has 2 unspecified atom stereocenters. The van der Waals surface area contributed by atoms with E-state index in [1.54, 1.807) is 12.1 Å². The molecular weight excluding hydrogens is 258 g/mol. The third-order valence-corrected chi connectivity index (χ3v) is 3.04. The molecule has 1 aromatic rings. The summed E-state index contributed by atoms with van der Waals surface area (Å²) >= 11 is 0. The van der Waals surface area contributed by atoms with Gasteiger partial charge in [-0.25, -0.2) is 0 Å². The van der Waals surface area contributed by atoms with E-state index >= 15 is 0 Å². The maximum atomic E-state index is 11.8. The van der Waals surface area contributed by atoms with Gasteiger partial charge >= 0.3 is 0 Å². The molecule has 112 valence electrons. The number of carbonyl (C=O) groups is 1.